The highest BCUT2D eigenvalue weighted by Gasteiger charge is 2.80. The van der Waals surface area contributed by atoms with E-state index >= 15 is 0 Å². The number of benzene rings is 1. The minimum absolute atomic E-state index is 0.0101. The Morgan fingerprint density at radius 3 is 3.00 bits per heavy atom. The Morgan fingerprint density at radius 2 is 2.19 bits per heavy atom. The number of para-hydroxylation sites is 1. The molecule has 1 aromatic carbocycles. The molecule has 27 heavy (non-hydrogen) atoms. The van der Waals surface area contributed by atoms with E-state index in [1.807, 2.05) is 37.3 Å². The van der Waals surface area contributed by atoms with Gasteiger partial charge in [0.05, 0.1) is 24.8 Å². The Kier molecular flexibility index (Phi) is 2.65. The molecule has 5 heterocycles. The van der Waals surface area contributed by atoms with Gasteiger partial charge in [0.25, 0.3) is 0 Å². The first-order valence-corrected chi connectivity index (χ1v) is 9.43. The van der Waals surface area contributed by atoms with Crippen molar-refractivity contribution in [1.29, 1.82) is 0 Å². The van der Waals surface area contributed by atoms with Gasteiger partial charge in [0, 0.05) is 23.4 Å². The highest BCUT2D eigenvalue weighted by molar-refractivity contribution is 6.01. The van der Waals surface area contributed by atoms with Crippen molar-refractivity contribution in [3.63, 3.8) is 0 Å². The second-order valence-electron chi connectivity index (χ2n) is 8.04. The molecule has 2 aromatic rings. The Hall–Kier alpha value is -2.60. The maximum Gasteiger partial charge on any atom is 0.341 e. The largest absolute Gasteiger partial charge is 0.467 e. The number of aromatic nitrogens is 1. The fourth-order valence-electron chi connectivity index (χ4n) is 6.08. The van der Waals surface area contributed by atoms with Crippen LogP contribution in [0.25, 0.3) is 10.9 Å². The zero-order valence-corrected chi connectivity index (χ0v) is 15.2. The molecule has 2 unspecified atom stereocenters. The molecule has 6 heteroatoms. The van der Waals surface area contributed by atoms with E-state index in [2.05, 4.69) is 11.1 Å². The molecule has 0 saturated carbocycles. The Labute approximate surface area is 156 Å². The second kappa shape index (κ2) is 4.62. The van der Waals surface area contributed by atoms with Crippen LogP contribution in [-0.2, 0) is 31.0 Å². The van der Waals surface area contributed by atoms with Crippen LogP contribution in [0.15, 0.2) is 36.4 Å². The van der Waals surface area contributed by atoms with Gasteiger partial charge < -0.3 is 19.4 Å². The summed E-state index contributed by atoms with van der Waals surface area (Å²) in [6, 6.07) is 8.02. The van der Waals surface area contributed by atoms with Crippen molar-refractivity contribution >= 4 is 22.8 Å². The fourth-order valence-corrected chi connectivity index (χ4v) is 6.08. The summed E-state index contributed by atoms with van der Waals surface area (Å²) in [4.78, 5) is 32.1. The van der Waals surface area contributed by atoms with Gasteiger partial charge in [-0.3, -0.25) is 4.79 Å². The van der Waals surface area contributed by atoms with Gasteiger partial charge in [-0.25, -0.2) is 4.79 Å². The van der Waals surface area contributed by atoms with Gasteiger partial charge in [-0.15, -0.1) is 0 Å². The molecule has 1 aromatic heterocycles. The van der Waals surface area contributed by atoms with Crippen LogP contribution in [0.2, 0.25) is 0 Å². The highest BCUT2D eigenvalue weighted by atomic mass is 16.5. The van der Waals surface area contributed by atoms with Crippen LogP contribution in [-0.4, -0.2) is 47.1 Å². The highest BCUT2D eigenvalue weighted by Crippen LogP contribution is 2.64. The van der Waals surface area contributed by atoms with Crippen LogP contribution in [0.1, 0.15) is 18.2 Å². The van der Waals surface area contributed by atoms with E-state index < -0.39 is 17.1 Å². The summed E-state index contributed by atoms with van der Waals surface area (Å²) in [6.45, 7) is 2.52. The minimum atomic E-state index is -1.30. The zero-order valence-electron chi connectivity index (χ0n) is 15.2. The van der Waals surface area contributed by atoms with Crippen molar-refractivity contribution in [1.82, 2.24) is 9.88 Å². The van der Waals surface area contributed by atoms with E-state index in [-0.39, 0.29) is 23.8 Å². The lowest BCUT2D eigenvalue weighted by atomic mass is 9.67. The van der Waals surface area contributed by atoms with Crippen molar-refractivity contribution in [2.45, 2.75) is 30.6 Å². The van der Waals surface area contributed by atoms with Gasteiger partial charge >= 0.3 is 5.97 Å². The molecule has 4 aliphatic heterocycles. The summed E-state index contributed by atoms with van der Waals surface area (Å²) in [6.07, 6.45) is 4.50. The summed E-state index contributed by atoms with van der Waals surface area (Å²) in [5, 5.41) is 1.09. The minimum Gasteiger partial charge on any atom is -0.467 e. The van der Waals surface area contributed by atoms with E-state index in [9.17, 15) is 9.59 Å². The van der Waals surface area contributed by atoms with E-state index in [1.54, 1.807) is 4.90 Å². The number of methoxy groups -OCH3 is 1. The van der Waals surface area contributed by atoms with Crippen molar-refractivity contribution in [3.05, 3.63) is 47.7 Å². The van der Waals surface area contributed by atoms with E-state index in [0.717, 1.165) is 22.2 Å². The SMILES string of the molecule is COC(=O)C12c3[nH]c4ccccc4c3CCN1C(=O)C1[C@H](C)[C@@H]3C=C[C@@]12O3. The third-order valence-electron chi connectivity index (χ3n) is 7.11. The summed E-state index contributed by atoms with van der Waals surface area (Å²) < 4.78 is 11.7. The van der Waals surface area contributed by atoms with Crippen molar-refractivity contribution in [2.75, 3.05) is 13.7 Å². The van der Waals surface area contributed by atoms with Crippen molar-refractivity contribution in [3.8, 4) is 0 Å². The number of amides is 1. The molecule has 2 fully saturated rings. The molecule has 6 rings (SSSR count). The number of nitrogens with zero attached hydrogens (tertiary/aromatic N) is 1. The van der Waals surface area contributed by atoms with Crippen LogP contribution in [0.3, 0.4) is 0 Å². The second-order valence-corrected chi connectivity index (χ2v) is 8.04. The number of aromatic amines is 1. The van der Waals surface area contributed by atoms with Gasteiger partial charge in [-0.1, -0.05) is 37.3 Å². The third-order valence-corrected chi connectivity index (χ3v) is 7.11. The van der Waals surface area contributed by atoms with Crippen molar-refractivity contribution < 1.29 is 19.1 Å². The zero-order chi connectivity index (χ0) is 18.6. The molecule has 2 saturated heterocycles. The first-order chi connectivity index (χ1) is 13.1. The average molecular weight is 364 g/mol. The smallest absolute Gasteiger partial charge is 0.341 e. The molecule has 2 bridgehead atoms. The molecular formula is C21H20N2O4. The standard InChI is InChI=1S/C21H20N2O4/c1-11-15-7-9-20(27-15)16(11)18(24)23-10-8-13-12-5-3-4-6-14(12)22-17(13)21(20,23)19(25)26-2/h3-7,9,11,15-16,22H,8,10H2,1-2H3/t11-,15+,16?,20-,21?/m1/s1. The number of rotatable bonds is 1. The van der Waals surface area contributed by atoms with E-state index in [0.29, 0.717) is 13.0 Å². The first kappa shape index (κ1) is 15.5. The molecule has 6 nitrogen and oxygen atoms in total. The number of ether oxygens (including phenoxy) is 2. The first-order valence-electron chi connectivity index (χ1n) is 9.43. The van der Waals surface area contributed by atoms with Gasteiger partial charge in [-0.05, 0) is 18.1 Å². The predicted octanol–water partition coefficient (Wildman–Crippen LogP) is 1.89. The van der Waals surface area contributed by atoms with Crippen LogP contribution >= 0.6 is 0 Å². The average Bonchev–Trinajstić information content (AvgIpc) is 3.40. The Bertz CT molecular complexity index is 1060. The molecule has 0 aliphatic carbocycles. The molecule has 5 atom stereocenters. The number of fused-ring (bicyclic) bond motifs is 6. The number of nitrogens with one attached hydrogen (secondary N) is 1. The van der Waals surface area contributed by atoms with Crippen LogP contribution in [0.5, 0.6) is 0 Å². The lowest BCUT2D eigenvalue weighted by Gasteiger charge is -2.46. The lowest BCUT2D eigenvalue weighted by Crippen LogP contribution is -2.63. The van der Waals surface area contributed by atoms with Crippen LogP contribution in [0.4, 0.5) is 0 Å². The van der Waals surface area contributed by atoms with Crippen molar-refractivity contribution in [2.24, 2.45) is 11.8 Å². The number of H-pyrrole nitrogens is 1. The van der Waals surface area contributed by atoms with Gasteiger partial charge in [-0.2, -0.15) is 0 Å². The van der Waals surface area contributed by atoms with E-state index in [4.69, 9.17) is 9.47 Å². The number of hydrogen-bond acceptors (Lipinski definition) is 4. The number of esters is 1. The topological polar surface area (TPSA) is 71.6 Å². The van der Waals surface area contributed by atoms with Gasteiger partial charge in [0.1, 0.15) is 5.60 Å². The normalized spacial score (nSPS) is 38.2. The predicted molar refractivity (Wildman–Crippen MR) is 96.8 cm³/mol. The summed E-state index contributed by atoms with van der Waals surface area (Å²) in [5.74, 6) is -0.791. The molecule has 4 aliphatic rings. The Morgan fingerprint density at radius 1 is 1.37 bits per heavy atom. The number of carbonyl (C=O) groups is 2. The summed E-state index contributed by atoms with van der Waals surface area (Å²) in [7, 11) is 1.38. The molecule has 1 amide bonds. The molecule has 1 spiro atoms. The summed E-state index contributed by atoms with van der Waals surface area (Å²) >= 11 is 0. The molecule has 138 valence electrons. The Balaban J connectivity index is 1.74. The lowest BCUT2D eigenvalue weighted by molar-refractivity contribution is -0.172. The quantitative estimate of drug-likeness (QED) is 0.620. The molecular weight excluding hydrogens is 344 g/mol. The molecule has 1 N–H and O–H groups in total. The fraction of sp³-hybridized carbons (Fsp3) is 0.429. The summed E-state index contributed by atoms with van der Waals surface area (Å²) in [5.41, 5.74) is 0.472. The van der Waals surface area contributed by atoms with Crippen LogP contribution in [0, 0.1) is 11.8 Å². The monoisotopic (exact) mass is 364 g/mol. The maximum atomic E-state index is 13.5. The maximum absolute atomic E-state index is 13.5. The van der Waals surface area contributed by atoms with Crippen LogP contribution < -0.4 is 0 Å². The molecule has 0 radical (unpaired) electrons. The van der Waals surface area contributed by atoms with Gasteiger partial charge in [0.2, 0.25) is 11.4 Å². The van der Waals surface area contributed by atoms with E-state index in [1.165, 1.54) is 7.11 Å². The number of hydrogen-bond donors (Lipinski definition) is 1. The third kappa shape index (κ3) is 1.40. The number of carbonyl (C=O) groups excluding carboxylic acids is 2. The van der Waals surface area contributed by atoms with Gasteiger partial charge in [0.15, 0.2) is 0 Å².